The Labute approximate surface area is 207 Å². The topological polar surface area (TPSA) is 85.2 Å². The van der Waals surface area contributed by atoms with Crippen LogP contribution in [0.1, 0.15) is 86.7 Å². The van der Waals surface area contributed by atoms with Crippen molar-refractivity contribution >= 4 is 28.7 Å². The molecule has 1 aliphatic rings. The van der Waals surface area contributed by atoms with Gasteiger partial charge in [-0.15, -0.1) is 0 Å². The van der Waals surface area contributed by atoms with E-state index < -0.39 is 0 Å². The first-order valence-electron chi connectivity index (χ1n) is 12.5. The molecule has 35 heavy (non-hydrogen) atoms. The second-order valence-corrected chi connectivity index (χ2v) is 10.1. The predicted octanol–water partition coefficient (Wildman–Crippen LogP) is 6.16. The third-order valence-corrected chi connectivity index (χ3v) is 7.20. The Morgan fingerprint density at radius 1 is 1.06 bits per heavy atom. The maximum absolute atomic E-state index is 13.2. The summed E-state index contributed by atoms with van der Waals surface area (Å²) in [7, 11) is 1.39. The molecule has 2 heterocycles. The molecule has 186 valence electrons. The van der Waals surface area contributed by atoms with Crippen LogP contribution in [0.3, 0.4) is 0 Å². The molecule has 7 nitrogen and oxygen atoms in total. The largest absolute Gasteiger partial charge is 0.465 e. The summed E-state index contributed by atoms with van der Waals surface area (Å²) in [4.78, 5) is 30.2. The highest BCUT2D eigenvalue weighted by Gasteiger charge is 2.38. The van der Waals surface area contributed by atoms with E-state index in [1.165, 1.54) is 7.11 Å². The van der Waals surface area contributed by atoms with Gasteiger partial charge in [-0.05, 0) is 47.9 Å². The molecule has 1 aromatic carbocycles. The fraction of sp³-hybridized carbons (Fsp3) is 0.464. The Morgan fingerprint density at radius 2 is 1.71 bits per heavy atom. The first-order chi connectivity index (χ1) is 16.8. The number of carbonyl (C=O) groups is 2. The zero-order valence-corrected chi connectivity index (χ0v) is 21.4. The summed E-state index contributed by atoms with van der Waals surface area (Å²) in [5.41, 5.74) is 4.05. The summed E-state index contributed by atoms with van der Waals surface area (Å²) in [5.74, 6) is 0.200. The van der Waals surface area contributed by atoms with E-state index in [-0.39, 0.29) is 17.5 Å². The summed E-state index contributed by atoms with van der Waals surface area (Å²) in [5, 5.41) is 7.07. The summed E-state index contributed by atoms with van der Waals surface area (Å²) >= 11 is 0. The van der Waals surface area contributed by atoms with Crippen LogP contribution >= 0.6 is 0 Å². The summed E-state index contributed by atoms with van der Waals surface area (Å²) < 4.78 is 7.11. The van der Waals surface area contributed by atoms with E-state index in [4.69, 9.17) is 4.74 Å². The van der Waals surface area contributed by atoms with Crippen LogP contribution in [0.25, 0.3) is 11.0 Å². The van der Waals surface area contributed by atoms with Crippen LogP contribution in [-0.2, 0) is 10.3 Å². The number of hydrogen-bond donors (Lipinski definition) is 2. The highest BCUT2D eigenvalue weighted by atomic mass is 16.5. The van der Waals surface area contributed by atoms with Gasteiger partial charge in [0.05, 0.1) is 18.2 Å². The van der Waals surface area contributed by atoms with E-state index in [9.17, 15) is 9.59 Å². The number of carbonyl (C=O) groups excluding carboxylic acids is 2. The normalized spacial score (nSPS) is 15.1. The molecule has 4 rings (SSSR count). The maximum Gasteiger partial charge on any atom is 0.340 e. The predicted molar refractivity (Wildman–Crippen MR) is 139 cm³/mol. The minimum Gasteiger partial charge on any atom is -0.465 e. The smallest absolute Gasteiger partial charge is 0.340 e. The number of methoxy groups -OCH3 is 1. The molecule has 0 atom stereocenters. The van der Waals surface area contributed by atoms with Crippen LogP contribution in [0.15, 0.2) is 42.7 Å². The lowest BCUT2D eigenvalue weighted by molar-refractivity contribution is 0.0602. The number of urea groups is 1. The molecule has 0 aliphatic heterocycles. The van der Waals surface area contributed by atoms with Crippen molar-refractivity contribution in [1.82, 2.24) is 14.9 Å². The lowest BCUT2D eigenvalue weighted by Gasteiger charge is -2.32. The molecular formula is C28H36N4O3. The van der Waals surface area contributed by atoms with Crippen LogP contribution in [-0.4, -0.2) is 35.2 Å². The molecule has 0 bridgehead atoms. The van der Waals surface area contributed by atoms with Crippen molar-refractivity contribution in [1.29, 1.82) is 0 Å². The average Bonchev–Trinajstić information content (AvgIpc) is 3.48. The van der Waals surface area contributed by atoms with E-state index in [1.54, 1.807) is 6.20 Å². The SMILES string of the molecule is COC(=O)c1cn(C2(CNC(=O)Nc3c(C(C)C)cccc3C(C)C)CCCC2)c2ncccc12. The average molecular weight is 477 g/mol. The van der Waals surface area contributed by atoms with E-state index in [1.807, 2.05) is 18.3 Å². The Morgan fingerprint density at radius 3 is 2.31 bits per heavy atom. The number of para-hydroxylation sites is 1. The molecule has 2 amide bonds. The highest BCUT2D eigenvalue weighted by molar-refractivity contribution is 6.03. The van der Waals surface area contributed by atoms with Crippen LogP contribution < -0.4 is 10.6 Å². The first kappa shape index (κ1) is 24.8. The van der Waals surface area contributed by atoms with Crippen molar-refractivity contribution < 1.29 is 14.3 Å². The van der Waals surface area contributed by atoms with E-state index in [2.05, 4.69) is 66.1 Å². The standard InChI is InChI=1S/C28H36N4O3/c1-18(2)20-10-8-11-21(19(3)4)24(20)31-27(34)30-17-28(13-6-7-14-28)32-16-23(26(33)35-5)22-12-9-15-29-25(22)32/h8-12,15-16,18-19H,6-7,13-14,17H2,1-5H3,(H2,30,31,34). The number of esters is 1. The molecule has 1 saturated carbocycles. The van der Waals surface area contributed by atoms with Crippen molar-refractivity contribution in [2.24, 2.45) is 0 Å². The van der Waals surface area contributed by atoms with Gasteiger partial charge in [0.1, 0.15) is 5.65 Å². The van der Waals surface area contributed by atoms with E-state index in [0.717, 1.165) is 53.5 Å². The zero-order valence-electron chi connectivity index (χ0n) is 21.4. The molecule has 0 spiro atoms. The Kier molecular flexibility index (Phi) is 7.15. The van der Waals surface area contributed by atoms with Gasteiger partial charge in [-0.3, -0.25) is 0 Å². The first-order valence-corrected chi connectivity index (χ1v) is 12.5. The van der Waals surface area contributed by atoms with Crippen LogP contribution in [0, 0.1) is 0 Å². The lowest BCUT2D eigenvalue weighted by Crippen LogP contribution is -2.44. The van der Waals surface area contributed by atoms with Gasteiger partial charge in [-0.2, -0.15) is 0 Å². The third-order valence-electron chi connectivity index (χ3n) is 7.20. The van der Waals surface area contributed by atoms with Gasteiger partial charge in [0, 0.05) is 30.0 Å². The number of amides is 2. The molecule has 1 aliphatic carbocycles. The van der Waals surface area contributed by atoms with Crippen molar-refractivity contribution in [3.05, 3.63) is 59.4 Å². The zero-order chi connectivity index (χ0) is 25.2. The lowest BCUT2D eigenvalue weighted by atomic mass is 9.92. The number of anilines is 1. The Hall–Kier alpha value is -3.35. The van der Waals surface area contributed by atoms with Gasteiger partial charge < -0.3 is 19.9 Å². The number of nitrogens with one attached hydrogen (secondary N) is 2. The van der Waals surface area contributed by atoms with Crippen molar-refractivity contribution in [2.45, 2.75) is 70.8 Å². The van der Waals surface area contributed by atoms with Gasteiger partial charge in [0.15, 0.2) is 0 Å². The van der Waals surface area contributed by atoms with Gasteiger partial charge in [0.2, 0.25) is 0 Å². The molecular weight excluding hydrogens is 440 g/mol. The number of ether oxygens (including phenoxy) is 1. The van der Waals surface area contributed by atoms with Gasteiger partial charge in [-0.25, -0.2) is 14.6 Å². The minimum absolute atomic E-state index is 0.219. The van der Waals surface area contributed by atoms with E-state index in [0.29, 0.717) is 23.9 Å². The fourth-order valence-electron chi connectivity index (χ4n) is 5.33. The van der Waals surface area contributed by atoms with Crippen LogP contribution in [0.4, 0.5) is 10.5 Å². The number of fused-ring (bicyclic) bond motifs is 1. The van der Waals surface area contributed by atoms with Gasteiger partial charge in [0.25, 0.3) is 0 Å². The quantitative estimate of drug-likeness (QED) is 0.400. The second-order valence-electron chi connectivity index (χ2n) is 10.1. The summed E-state index contributed by atoms with van der Waals surface area (Å²) in [6, 6.07) is 9.72. The number of aromatic nitrogens is 2. The number of benzene rings is 1. The van der Waals surface area contributed by atoms with E-state index >= 15 is 0 Å². The summed E-state index contributed by atoms with van der Waals surface area (Å²) in [6.45, 7) is 9.00. The van der Waals surface area contributed by atoms with Gasteiger partial charge in [-0.1, -0.05) is 58.7 Å². The van der Waals surface area contributed by atoms with Crippen molar-refractivity contribution in [2.75, 3.05) is 19.0 Å². The molecule has 2 N–H and O–H groups in total. The molecule has 3 aromatic rings. The van der Waals surface area contributed by atoms with Crippen molar-refractivity contribution in [3.63, 3.8) is 0 Å². The van der Waals surface area contributed by atoms with Crippen LogP contribution in [0.2, 0.25) is 0 Å². The molecule has 0 radical (unpaired) electrons. The molecule has 0 unspecified atom stereocenters. The molecule has 2 aromatic heterocycles. The number of pyridine rings is 1. The van der Waals surface area contributed by atoms with Crippen molar-refractivity contribution in [3.8, 4) is 0 Å². The second kappa shape index (κ2) is 10.1. The molecule has 7 heteroatoms. The minimum atomic E-state index is -0.382. The Balaban J connectivity index is 1.62. The number of hydrogen-bond acceptors (Lipinski definition) is 4. The van der Waals surface area contributed by atoms with Crippen LogP contribution in [0.5, 0.6) is 0 Å². The maximum atomic E-state index is 13.2. The Bertz CT molecular complexity index is 1200. The highest BCUT2D eigenvalue weighted by Crippen LogP contribution is 2.39. The fourth-order valence-corrected chi connectivity index (χ4v) is 5.33. The monoisotopic (exact) mass is 476 g/mol. The number of nitrogens with zero attached hydrogens (tertiary/aromatic N) is 2. The third kappa shape index (κ3) is 4.77. The molecule has 1 fully saturated rings. The summed E-state index contributed by atoms with van der Waals surface area (Å²) in [6.07, 6.45) is 7.48. The molecule has 0 saturated heterocycles. The van der Waals surface area contributed by atoms with Gasteiger partial charge >= 0.3 is 12.0 Å². The number of rotatable bonds is 7.